The monoisotopic (exact) mass is 386 g/mol. The van der Waals surface area contributed by atoms with Crippen molar-refractivity contribution in [2.45, 2.75) is 24.9 Å². The molecule has 0 saturated carbocycles. The summed E-state index contributed by atoms with van der Waals surface area (Å²) in [5, 5.41) is 0. The molecule has 148 valence electrons. The SMILES string of the molecule is Nc1ccc(CC(=O)N2CC[C@H](Oc3ccccc3)[C@@H](c3ccccc3)C2)cc1. The minimum absolute atomic E-state index is 0.0420. The van der Waals surface area contributed by atoms with Gasteiger partial charge in [-0.2, -0.15) is 0 Å². The average molecular weight is 386 g/mol. The molecule has 0 unspecified atom stereocenters. The van der Waals surface area contributed by atoms with E-state index in [1.54, 1.807) is 0 Å². The molecule has 3 aromatic rings. The van der Waals surface area contributed by atoms with E-state index in [0.717, 1.165) is 17.7 Å². The summed E-state index contributed by atoms with van der Waals surface area (Å²) >= 11 is 0. The van der Waals surface area contributed by atoms with Crippen molar-refractivity contribution in [2.24, 2.45) is 0 Å². The quantitative estimate of drug-likeness (QED) is 0.666. The molecule has 3 aromatic carbocycles. The third-order valence-corrected chi connectivity index (χ3v) is 5.50. The summed E-state index contributed by atoms with van der Waals surface area (Å²) in [5.41, 5.74) is 8.66. The Labute approximate surface area is 171 Å². The summed E-state index contributed by atoms with van der Waals surface area (Å²) in [7, 11) is 0. The second kappa shape index (κ2) is 8.82. The molecule has 1 fully saturated rings. The van der Waals surface area contributed by atoms with Crippen LogP contribution in [0, 0.1) is 0 Å². The Morgan fingerprint density at radius 1 is 0.931 bits per heavy atom. The lowest BCUT2D eigenvalue weighted by molar-refractivity contribution is -0.132. The number of ether oxygens (including phenoxy) is 1. The largest absolute Gasteiger partial charge is 0.490 e. The van der Waals surface area contributed by atoms with Crippen LogP contribution < -0.4 is 10.5 Å². The summed E-state index contributed by atoms with van der Waals surface area (Å²) in [6.07, 6.45) is 1.24. The van der Waals surface area contributed by atoms with E-state index in [0.29, 0.717) is 25.2 Å². The van der Waals surface area contributed by atoms with Crippen LogP contribution in [0.25, 0.3) is 0 Å². The lowest BCUT2D eigenvalue weighted by Crippen LogP contribution is -2.47. The molecule has 1 heterocycles. The molecule has 1 aliphatic rings. The van der Waals surface area contributed by atoms with Gasteiger partial charge in [0.05, 0.1) is 6.42 Å². The summed E-state index contributed by atoms with van der Waals surface area (Å²) in [5.74, 6) is 1.16. The first kappa shape index (κ1) is 19.1. The minimum atomic E-state index is 0.0420. The van der Waals surface area contributed by atoms with Crippen LogP contribution >= 0.6 is 0 Å². The number of nitrogens with two attached hydrogens (primary N) is 1. The van der Waals surface area contributed by atoms with Gasteiger partial charge in [-0.3, -0.25) is 4.79 Å². The Hall–Kier alpha value is -3.27. The number of para-hydroxylation sites is 1. The number of amides is 1. The van der Waals surface area contributed by atoms with E-state index in [1.165, 1.54) is 5.56 Å². The highest BCUT2D eigenvalue weighted by molar-refractivity contribution is 5.79. The molecule has 4 heteroatoms. The lowest BCUT2D eigenvalue weighted by atomic mass is 9.87. The number of piperidine rings is 1. The van der Waals surface area contributed by atoms with Crippen LogP contribution in [0.2, 0.25) is 0 Å². The second-order valence-corrected chi connectivity index (χ2v) is 7.53. The van der Waals surface area contributed by atoms with Crippen molar-refractivity contribution < 1.29 is 9.53 Å². The molecule has 0 radical (unpaired) electrons. The first-order valence-electron chi connectivity index (χ1n) is 10.1. The number of likely N-dealkylation sites (tertiary alicyclic amines) is 1. The molecule has 29 heavy (non-hydrogen) atoms. The van der Waals surface area contributed by atoms with Crippen LogP contribution in [0.3, 0.4) is 0 Å². The fourth-order valence-corrected chi connectivity index (χ4v) is 3.91. The molecule has 0 aromatic heterocycles. The van der Waals surface area contributed by atoms with Gasteiger partial charge in [-0.05, 0) is 35.4 Å². The minimum Gasteiger partial charge on any atom is -0.490 e. The van der Waals surface area contributed by atoms with Crippen molar-refractivity contribution in [3.63, 3.8) is 0 Å². The smallest absolute Gasteiger partial charge is 0.227 e. The number of rotatable bonds is 5. The van der Waals surface area contributed by atoms with Crippen molar-refractivity contribution in [2.75, 3.05) is 18.8 Å². The van der Waals surface area contributed by atoms with Crippen molar-refractivity contribution in [1.82, 2.24) is 4.90 Å². The van der Waals surface area contributed by atoms with E-state index in [1.807, 2.05) is 77.7 Å². The molecular weight excluding hydrogens is 360 g/mol. The lowest BCUT2D eigenvalue weighted by Gasteiger charge is -2.39. The van der Waals surface area contributed by atoms with Gasteiger partial charge < -0.3 is 15.4 Å². The zero-order valence-electron chi connectivity index (χ0n) is 16.4. The van der Waals surface area contributed by atoms with E-state index < -0.39 is 0 Å². The third-order valence-electron chi connectivity index (χ3n) is 5.50. The average Bonchev–Trinajstić information content (AvgIpc) is 2.77. The predicted octanol–water partition coefficient (Wildman–Crippen LogP) is 4.28. The van der Waals surface area contributed by atoms with Gasteiger partial charge in [-0.25, -0.2) is 0 Å². The molecule has 1 amide bonds. The fraction of sp³-hybridized carbons (Fsp3) is 0.240. The highest BCUT2D eigenvalue weighted by Crippen LogP contribution is 2.31. The fourth-order valence-electron chi connectivity index (χ4n) is 3.91. The van der Waals surface area contributed by atoms with Crippen LogP contribution in [-0.4, -0.2) is 30.0 Å². The maximum absolute atomic E-state index is 12.9. The number of anilines is 1. The van der Waals surface area contributed by atoms with Crippen LogP contribution in [-0.2, 0) is 11.2 Å². The van der Waals surface area contributed by atoms with E-state index in [-0.39, 0.29) is 17.9 Å². The molecule has 1 aliphatic heterocycles. The van der Waals surface area contributed by atoms with Crippen molar-refractivity contribution in [3.05, 3.63) is 96.1 Å². The van der Waals surface area contributed by atoms with Gasteiger partial charge >= 0.3 is 0 Å². The van der Waals surface area contributed by atoms with E-state index >= 15 is 0 Å². The van der Waals surface area contributed by atoms with Gasteiger partial charge in [0.25, 0.3) is 0 Å². The van der Waals surface area contributed by atoms with Crippen molar-refractivity contribution >= 4 is 11.6 Å². The van der Waals surface area contributed by atoms with Gasteiger partial charge in [-0.15, -0.1) is 0 Å². The number of nitrogens with zero attached hydrogens (tertiary/aromatic N) is 1. The van der Waals surface area contributed by atoms with Crippen LogP contribution in [0.1, 0.15) is 23.5 Å². The Morgan fingerprint density at radius 2 is 1.59 bits per heavy atom. The summed E-state index contributed by atoms with van der Waals surface area (Å²) in [6.45, 7) is 1.37. The van der Waals surface area contributed by atoms with E-state index in [9.17, 15) is 4.79 Å². The molecule has 2 atom stereocenters. The summed E-state index contributed by atoms with van der Waals surface area (Å²) < 4.78 is 6.33. The summed E-state index contributed by atoms with van der Waals surface area (Å²) in [6, 6.07) is 27.8. The number of benzene rings is 3. The molecular formula is C25H26N2O2. The molecule has 1 saturated heterocycles. The number of hydrogen-bond donors (Lipinski definition) is 1. The van der Waals surface area contributed by atoms with Crippen molar-refractivity contribution in [3.8, 4) is 5.75 Å². The topological polar surface area (TPSA) is 55.6 Å². The number of nitrogen functional groups attached to an aromatic ring is 1. The van der Waals surface area contributed by atoms with Gasteiger partial charge in [0.2, 0.25) is 5.91 Å². The highest BCUT2D eigenvalue weighted by atomic mass is 16.5. The van der Waals surface area contributed by atoms with Gasteiger partial charge in [0, 0.05) is 31.1 Å². The predicted molar refractivity (Wildman–Crippen MR) is 116 cm³/mol. The van der Waals surface area contributed by atoms with Crippen LogP contribution in [0.4, 0.5) is 5.69 Å². The Kier molecular flexibility index (Phi) is 5.80. The standard InChI is InChI=1S/C25H26N2O2/c26-21-13-11-19(12-14-21)17-25(28)27-16-15-24(29-22-9-5-2-6-10-22)23(18-27)20-7-3-1-4-8-20/h1-14,23-24H,15-18,26H2/t23-,24+/m1/s1. The summed E-state index contributed by atoms with van der Waals surface area (Å²) in [4.78, 5) is 14.9. The Balaban J connectivity index is 1.49. The second-order valence-electron chi connectivity index (χ2n) is 7.53. The first-order valence-corrected chi connectivity index (χ1v) is 10.1. The number of carbonyl (C=O) groups is 1. The maximum Gasteiger partial charge on any atom is 0.227 e. The Bertz CT molecular complexity index is 926. The third kappa shape index (κ3) is 4.77. The molecule has 4 nitrogen and oxygen atoms in total. The molecule has 2 N–H and O–H groups in total. The van der Waals surface area contributed by atoms with Crippen LogP contribution in [0.5, 0.6) is 5.75 Å². The molecule has 4 rings (SSSR count). The van der Waals surface area contributed by atoms with Gasteiger partial charge in [-0.1, -0.05) is 60.7 Å². The normalized spacial score (nSPS) is 19.0. The van der Waals surface area contributed by atoms with Gasteiger partial charge in [0.1, 0.15) is 11.9 Å². The first-order chi connectivity index (χ1) is 14.2. The Morgan fingerprint density at radius 3 is 2.28 bits per heavy atom. The van der Waals surface area contributed by atoms with E-state index in [4.69, 9.17) is 10.5 Å². The molecule has 0 aliphatic carbocycles. The van der Waals surface area contributed by atoms with Gasteiger partial charge in [0.15, 0.2) is 0 Å². The number of hydrogen-bond acceptors (Lipinski definition) is 3. The van der Waals surface area contributed by atoms with Crippen LogP contribution in [0.15, 0.2) is 84.9 Å². The number of carbonyl (C=O) groups excluding carboxylic acids is 1. The maximum atomic E-state index is 12.9. The molecule has 0 bridgehead atoms. The van der Waals surface area contributed by atoms with E-state index in [2.05, 4.69) is 12.1 Å². The van der Waals surface area contributed by atoms with Crippen molar-refractivity contribution in [1.29, 1.82) is 0 Å². The molecule has 0 spiro atoms. The highest BCUT2D eigenvalue weighted by Gasteiger charge is 2.33. The zero-order chi connectivity index (χ0) is 20.1. The zero-order valence-corrected chi connectivity index (χ0v) is 16.4.